The highest BCUT2D eigenvalue weighted by atomic mass is 32.1. The summed E-state index contributed by atoms with van der Waals surface area (Å²) in [5.74, 6) is 5.59. The van der Waals surface area contributed by atoms with Gasteiger partial charge in [0.25, 0.3) is 16.9 Å². The molecule has 5 fully saturated rings. The minimum atomic E-state index is -1.26. The molecule has 0 aromatic heterocycles. The molecule has 5 saturated heterocycles. The summed E-state index contributed by atoms with van der Waals surface area (Å²) in [4.78, 5) is 50.5. The zero-order chi connectivity index (χ0) is 83.7. The number of ether oxygens (including phenoxy) is 5. The molecule has 37 heteroatoms. The van der Waals surface area contributed by atoms with Gasteiger partial charge in [0.2, 0.25) is 12.0 Å². The van der Waals surface area contributed by atoms with Crippen molar-refractivity contribution >= 4 is 113 Å². The number of aliphatic hydroxyl groups is 11. The maximum absolute atomic E-state index is 11.9. The molecule has 10 heterocycles. The topological polar surface area (TPSA) is 434 Å². The molecule has 0 radical (unpaired) electrons. The van der Waals surface area contributed by atoms with Gasteiger partial charge in [-0.2, -0.15) is 0 Å². The molecule has 0 aromatic carbocycles. The van der Waals surface area contributed by atoms with Crippen molar-refractivity contribution in [3.05, 3.63) is 109 Å². The van der Waals surface area contributed by atoms with Crippen molar-refractivity contribution < 1.29 is 104 Å². The van der Waals surface area contributed by atoms with Crippen molar-refractivity contribution in [1.29, 1.82) is 0 Å². The van der Waals surface area contributed by atoms with Gasteiger partial charge in [-0.1, -0.05) is 32.2 Å². The van der Waals surface area contributed by atoms with Crippen molar-refractivity contribution in [3.63, 3.8) is 0 Å². The number of carbonyl (C=O) groups is 4. The number of nitrogens with one attached hydrogen (secondary N) is 7. The summed E-state index contributed by atoms with van der Waals surface area (Å²) >= 11 is 4.97. The van der Waals surface area contributed by atoms with E-state index in [1.165, 1.54) is 33.3 Å². The van der Waals surface area contributed by atoms with E-state index in [1.807, 2.05) is 0 Å². The van der Waals surface area contributed by atoms with Gasteiger partial charge in [-0.05, 0) is 155 Å². The highest BCUT2D eigenvalue weighted by Gasteiger charge is 2.51. The van der Waals surface area contributed by atoms with Crippen LogP contribution in [0.3, 0.4) is 0 Å². The predicted octanol–water partition coefficient (Wildman–Crippen LogP) is 0.0891. The van der Waals surface area contributed by atoms with Gasteiger partial charge in [0.15, 0.2) is 18.8 Å². The average Bonchev–Trinajstić information content (AvgIpc) is 1.70. The second-order valence-electron chi connectivity index (χ2n) is 32.2. The Labute approximate surface area is 658 Å². The lowest BCUT2D eigenvalue weighted by atomic mass is 9.99. The molecule has 0 aliphatic carbocycles. The van der Waals surface area contributed by atoms with Crippen LogP contribution in [0.4, 0.5) is 9.59 Å². The molecule has 0 bridgehead atoms. The van der Waals surface area contributed by atoms with Gasteiger partial charge in [0.05, 0.1) is 42.7 Å². The summed E-state index contributed by atoms with van der Waals surface area (Å²) in [6.45, 7) is 35.1. The fourth-order valence-corrected chi connectivity index (χ4v) is 17.6. The molecule has 0 unspecified atom stereocenters. The number of carbonyl (C=O) groups excluding carboxylic acids is 4. The molecular formula is C74H121N11O20P5S+. The number of hydrogen-bond acceptors (Lipinski definition) is 23. The minimum absolute atomic E-state index is 0.135. The molecule has 622 valence electrons. The fourth-order valence-electron chi connectivity index (χ4n) is 12.6. The summed E-state index contributed by atoms with van der Waals surface area (Å²) in [5.41, 5.74) is 2.29. The Morgan fingerprint density at radius 2 is 0.874 bits per heavy atom. The van der Waals surface area contributed by atoms with Gasteiger partial charge in [-0.25, -0.2) is 24.8 Å². The average molecular weight is 1670 g/mol. The molecule has 18 N–H and O–H groups in total. The summed E-state index contributed by atoms with van der Waals surface area (Å²) in [7, 11) is 1.60. The van der Waals surface area contributed by atoms with Gasteiger partial charge < -0.3 is 121 Å². The van der Waals surface area contributed by atoms with E-state index in [0.29, 0.717) is 65.6 Å². The highest BCUT2D eigenvalue weighted by Crippen LogP contribution is 2.44. The smallest absolute Gasteiger partial charge is 0.325 e. The Morgan fingerprint density at radius 1 is 0.486 bits per heavy atom. The normalized spacial score (nSPS) is 32.4. The van der Waals surface area contributed by atoms with Crippen LogP contribution < -0.4 is 37.2 Å². The fraction of sp³-hybridized carbons (Fsp3) is 0.581. The minimum Gasteiger partial charge on any atom is -0.391 e. The van der Waals surface area contributed by atoms with E-state index in [0.717, 1.165) is 30.8 Å². The Morgan fingerprint density at radius 3 is 1.29 bits per heavy atom. The standard InChI is InChI=1S/C17H25N2O4P.C15H25N2O5P.C15H25N2O4P.C14H23N2O4P.C13H22N3O3PS/c1-6-7-12-10-19(11(2)18-16(12)22)17-15(21)14(20)13(23-17)8-9-24(3,4)5;1-9-16-14(21)10(8-18)7-17(9)15-13(20)12(19)11(22-15)5-6-23(2,3)4;1-9-10(8-17(2)15(20)16-9)14-13(19)12(18)11(21-14)6-7-22(3,4)5;1-8-9(7-15-14(19)16-8)13-12(18)11(17)10(20-13)5-6-21(2,3)4;1-8-15-13(21)14-7-16(8)12-11(18)10(17)9(19-12)5-6-20(2,3)4/h10,13-15,17,20-21H,2-3,8-9H2,1,4-5H3,(H,18,22);7,11-13,15,18-20H,1-2,5-6,8H2,3-4H3,(H,16,21);8,11-14,18-19H,1,3,6-7H2,2,4-5H3,(H,16,20);7,10-13,17-18H,1-2,5-6H2,3-4H3,(H2,15,16,19);7,9-12,17-18H,1-2,5-6H2,3-4H3,(H,15,21)/p+1/t13-,14-,15-,17-;11-,12-,13-,15-;11-,12-,13-,14+;10-,11-,12-,13+;9-,10-,11-,12-/m11111/s1. The molecule has 20 atom stereocenters. The quantitative estimate of drug-likeness (QED) is 0.0313. The zero-order valence-corrected chi connectivity index (χ0v) is 71.1. The molecule has 10 aliphatic heterocycles. The van der Waals surface area contributed by atoms with E-state index in [2.05, 4.69) is 180 Å². The van der Waals surface area contributed by atoms with Crippen molar-refractivity contribution in [3.8, 4) is 11.8 Å². The molecule has 6 amide bonds. The van der Waals surface area contributed by atoms with Crippen molar-refractivity contribution in [2.45, 2.75) is 161 Å². The Bertz CT molecular complexity index is 3920. The predicted molar refractivity (Wildman–Crippen MR) is 452 cm³/mol. The molecular weight excluding hydrogens is 1550 g/mol. The lowest BCUT2D eigenvalue weighted by molar-refractivity contribution is -0.579. The van der Waals surface area contributed by atoms with Crippen LogP contribution in [0.15, 0.2) is 109 Å². The third-order valence-electron chi connectivity index (χ3n) is 19.1. The maximum Gasteiger partial charge on any atom is 0.325 e. The van der Waals surface area contributed by atoms with Crippen LogP contribution in [0.5, 0.6) is 0 Å². The van der Waals surface area contributed by atoms with Crippen LogP contribution in [-0.2, 0) is 33.3 Å². The van der Waals surface area contributed by atoms with Crippen LogP contribution in [0.2, 0.25) is 0 Å². The van der Waals surface area contributed by atoms with Crippen molar-refractivity contribution in [2.75, 3.05) is 111 Å². The van der Waals surface area contributed by atoms with Gasteiger partial charge in [0, 0.05) is 54.4 Å². The lowest BCUT2D eigenvalue weighted by Gasteiger charge is -2.34. The highest BCUT2D eigenvalue weighted by molar-refractivity contribution is 7.80. The SMILES string of the molecule is C=C1NC(=O)C(C#CC)=CN1[C@@H]1O[C@H](CCP(=C)(C)C)[C@@H](O)[C@H]1O.C=C1NC(=O)C(CO)=CN1[C@@H]1O[C@H](CCP(=C)(C)C)[C@@H](O)[C@H]1O.C=C1NC(=O)N(C)C=C1[C@@H]1O[C@H](CCP(=C)(C)C)[C@@H](O)[C@H]1O.C=C1NC(=O)NC=C1[C@@H]1O[C@H](CCP(=C)(C)C)[C@@H](O)[C@H]1O.C=C1NC(=S)NC=[N+]1[C@@H]1O[C@H](CCP(=C)(C)C)[C@@H](O)[C@H]1O. The van der Waals surface area contributed by atoms with Crippen LogP contribution in [0.1, 0.15) is 39.0 Å². The van der Waals surface area contributed by atoms with Crippen LogP contribution >= 0.6 is 46.6 Å². The second-order valence-corrected chi connectivity index (χ2v) is 54.2. The zero-order valence-electron chi connectivity index (χ0n) is 65.8. The molecule has 10 aliphatic rings. The molecule has 111 heavy (non-hydrogen) atoms. The summed E-state index contributed by atoms with van der Waals surface area (Å²) < 4.78 is 30.7. The Kier molecular flexibility index (Phi) is 33.5. The third-order valence-corrected chi connectivity index (χ3v) is 26.6. The first-order valence-electron chi connectivity index (χ1n) is 36.0. The number of nitrogens with zero attached hydrogens (tertiary/aromatic N) is 4. The van der Waals surface area contributed by atoms with E-state index in [4.69, 9.17) is 35.9 Å². The molecule has 31 nitrogen and oxygen atoms in total. The largest absolute Gasteiger partial charge is 0.391 e. The number of hydrogen-bond donors (Lipinski definition) is 18. The van der Waals surface area contributed by atoms with E-state index < -0.39 is 169 Å². The summed E-state index contributed by atoms with van der Waals surface area (Å²) in [5, 5.41) is 130. The Hall–Kier alpha value is -5.48. The number of aliphatic hydroxyl groups excluding tert-OH is 11. The van der Waals surface area contributed by atoms with Crippen molar-refractivity contribution in [2.24, 2.45) is 0 Å². The summed E-state index contributed by atoms with van der Waals surface area (Å²) in [6, 6.07) is -0.668. The van der Waals surface area contributed by atoms with E-state index in [9.17, 15) is 75.3 Å². The molecule has 0 spiro atoms. The second kappa shape index (κ2) is 39.4. The lowest BCUT2D eigenvalue weighted by Crippen LogP contribution is -2.50. The van der Waals surface area contributed by atoms with Gasteiger partial charge in [-0.3, -0.25) is 9.59 Å². The third kappa shape index (κ3) is 26.5. The molecule has 10 rings (SSSR count). The van der Waals surface area contributed by atoms with Crippen molar-refractivity contribution in [1.82, 2.24) is 51.9 Å². The van der Waals surface area contributed by atoms with Crippen LogP contribution in [0, 0.1) is 11.8 Å². The van der Waals surface area contributed by atoms with E-state index >= 15 is 0 Å². The molecule has 0 saturated carbocycles. The van der Waals surface area contributed by atoms with Gasteiger partial charge >= 0.3 is 12.1 Å². The number of urea groups is 2. The number of thiocarbonyl (C=S) groups is 1. The number of rotatable bonds is 21. The maximum atomic E-state index is 11.9. The first kappa shape index (κ1) is 94.4. The van der Waals surface area contributed by atoms with E-state index in [1.54, 1.807) is 31.1 Å². The Balaban J connectivity index is 0.000000217. The first-order valence-corrected chi connectivity index (χ1v) is 51.7. The van der Waals surface area contributed by atoms with Crippen LogP contribution in [-0.4, -0.2) is 376 Å². The summed E-state index contributed by atoms with van der Waals surface area (Å²) in [6.07, 6.45) is 19.6. The van der Waals surface area contributed by atoms with Gasteiger partial charge in [-0.15, -0.1) is 71.8 Å². The monoisotopic (exact) mass is 1670 g/mol. The van der Waals surface area contributed by atoms with E-state index in [-0.39, 0.29) is 40.8 Å². The molecule has 0 aromatic rings. The van der Waals surface area contributed by atoms with Crippen LogP contribution in [0.25, 0.3) is 0 Å². The van der Waals surface area contributed by atoms with Gasteiger partial charge in [0.1, 0.15) is 90.5 Å². The first-order chi connectivity index (χ1) is 51.2. The number of amides is 6.